The number of rotatable bonds is 1. The molecule has 0 aromatic rings. The fourth-order valence-electron chi connectivity index (χ4n) is 1.04. The summed E-state index contributed by atoms with van der Waals surface area (Å²) in [5.41, 5.74) is 0. The number of ether oxygens (including phenoxy) is 1. The summed E-state index contributed by atoms with van der Waals surface area (Å²) in [7, 11) is -5.27. The van der Waals surface area contributed by atoms with E-state index < -0.39 is 21.6 Å². The number of nitrogens with zero attached hydrogens (tertiary/aromatic N) is 1. The van der Waals surface area contributed by atoms with Gasteiger partial charge in [-0.25, -0.2) is 4.67 Å². The molecule has 8 heteroatoms. The quantitative estimate of drug-likeness (QED) is 0.681. The summed E-state index contributed by atoms with van der Waals surface area (Å²) in [6.07, 6.45) is 0. The molecule has 0 spiro atoms. The molecule has 1 aliphatic rings. The predicted molar refractivity (Wildman–Crippen MR) is 92.6 cm³/mol. The van der Waals surface area contributed by atoms with Crippen LogP contribution in [0.15, 0.2) is 0 Å². The zero-order valence-corrected chi connectivity index (χ0v) is 16.9. The highest BCUT2D eigenvalue weighted by atomic mass is 31.2. The fraction of sp³-hybridized carbons (Fsp3) is 1.00. The summed E-state index contributed by atoms with van der Waals surface area (Å²) in [6.45, 7) is 17.2. The molecule has 0 amide bonds. The maximum Gasteiger partial charge on any atom is 0.144 e. The van der Waals surface area contributed by atoms with E-state index in [9.17, 15) is 13.7 Å². The van der Waals surface area contributed by atoms with Crippen LogP contribution in [0.1, 0.15) is 0 Å². The van der Waals surface area contributed by atoms with Gasteiger partial charge in [-0.15, -0.1) is 0 Å². The van der Waals surface area contributed by atoms with Gasteiger partial charge in [-0.05, 0) is 40.0 Å². The molecule has 1 saturated heterocycles. The lowest BCUT2D eigenvalue weighted by Gasteiger charge is -2.29. The first-order valence-electron chi connectivity index (χ1n) is 6.54. The summed E-state index contributed by atoms with van der Waals surface area (Å²) in [6, 6.07) is 0. The van der Waals surface area contributed by atoms with E-state index >= 15 is 0 Å². The second-order valence-corrected chi connectivity index (χ2v) is 17.3. The molecule has 0 aliphatic carbocycles. The maximum atomic E-state index is 11.4. The molecule has 0 atom stereocenters. The molecule has 5 nitrogen and oxygen atoms in total. The summed E-state index contributed by atoms with van der Waals surface area (Å²) in [5, 5.41) is 0. The van der Waals surface area contributed by atoms with E-state index in [1.165, 1.54) is 0 Å². The lowest BCUT2D eigenvalue weighted by Crippen LogP contribution is -2.33. The smallest absolute Gasteiger partial charge is 0.144 e. The van der Waals surface area contributed by atoms with E-state index in [-0.39, 0.29) is 0 Å². The van der Waals surface area contributed by atoms with Crippen molar-refractivity contribution in [1.82, 2.24) is 4.67 Å². The first-order chi connectivity index (χ1) is 8.61. The second kappa shape index (κ2) is 9.59. The van der Waals surface area contributed by atoms with Crippen LogP contribution in [0.2, 0.25) is 0 Å². The van der Waals surface area contributed by atoms with Crippen LogP contribution < -0.4 is 0 Å². The summed E-state index contributed by atoms with van der Waals surface area (Å²) in [4.78, 5) is 0. The van der Waals surface area contributed by atoms with E-state index in [0.29, 0.717) is 0 Å². The zero-order chi connectivity index (χ0) is 16.6. The molecule has 0 aromatic carbocycles. The monoisotopic (exact) mass is 347 g/mol. The molecule has 0 bridgehead atoms. The zero-order valence-electron chi connectivity index (χ0n) is 14.3. The van der Waals surface area contributed by atoms with E-state index in [1.54, 1.807) is 53.3 Å². The van der Waals surface area contributed by atoms with Gasteiger partial charge in [0.25, 0.3) is 0 Å². The van der Waals surface area contributed by atoms with Gasteiger partial charge in [0.15, 0.2) is 0 Å². The van der Waals surface area contributed by atoms with Gasteiger partial charge >= 0.3 is 0 Å². The Hall–Kier alpha value is 0.610. The molecular weight excluding hydrogens is 315 g/mol. The van der Waals surface area contributed by atoms with Gasteiger partial charge in [-0.1, -0.05) is 0 Å². The van der Waals surface area contributed by atoms with Crippen molar-refractivity contribution in [2.45, 2.75) is 0 Å². The molecule has 0 N–H and O–H groups in total. The third-order valence-electron chi connectivity index (χ3n) is 1.67. The van der Waals surface area contributed by atoms with Gasteiger partial charge in [-0.3, -0.25) is 0 Å². The van der Waals surface area contributed by atoms with Crippen molar-refractivity contribution in [2.24, 2.45) is 0 Å². The SMILES string of the molecule is CP(C)(=O)N1CCOCC1.CP(C)(C)=O.CP(C)(C)=O. The third-order valence-corrected chi connectivity index (χ3v) is 3.43. The van der Waals surface area contributed by atoms with E-state index in [1.807, 2.05) is 4.67 Å². The van der Waals surface area contributed by atoms with Crippen LogP contribution in [-0.2, 0) is 18.4 Å². The first-order valence-corrected chi connectivity index (χ1v) is 15.2. The van der Waals surface area contributed by atoms with E-state index in [4.69, 9.17) is 4.74 Å². The van der Waals surface area contributed by atoms with Crippen molar-refractivity contribution in [1.29, 1.82) is 0 Å². The minimum Gasteiger partial charge on any atom is -0.379 e. The lowest BCUT2D eigenvalue weighted by molar-refractivity contribution is 0.0726. The topological polar surface area (TPSA) is 63.7 Å². The summed E-state index contributed by atoms with van der Waals surface area (Å²) in [5.74, 6) is 0. The average Bonchev–Trinajstić information content (AvgIpc) is 2.12. The van der Waals surface area contributed by atoms with Crippen LogP contribution in [-0.4, -0.2) is 84.3 Å². The van der Waals surface area contributed by atoms with Crippen molar-refractivity contribution >= 4 is 21.6 Å². The lowest BCUT2D eigenvalue weighted by atomic mass is 10.5. The Bertz CT molecular complexity index is 351. The third kappa shape index (κ3) is 27.0. The van der Waals surface area contributed by atoms with Gasteiger partial charge in [0, 0.05) is 26.4 Å². The highest BCUT2D eigenvalue weighted by Gasteiger charge is 2.21. The standard InChI is InChI=1S/C6H14NO2P.2C3H9OP/c1-10(2,8)7-3-5-9-6-4-7;2*1-5(2,3)4/h3-6H2,1-2H3;2*1-3H3. The van der Waals surface area contributed by atoms with Gasteiger partial charge in [0.1, 0.15) is 7.29 Å². The Kier molecular flexibility index (Phi) is 11.0. The highest BCUT2D eigenvalue weighted by molar-refractivity contribution is 7.61. The van der Waals surface area contributed by atoms with Gasteiger partial charge in [0.05, 0.1) is 27.5 Å². The molecular formula is C12H32NO4P3. The van der Waals surface area contributed by atoms with Crippen LogP contribution in [0.5, 0.6) is 0 Å². The Morgan fingerprint density at radius 2 is 0.950 bits per heavy atom. The van der Waals surface area contributed by atoms with Crippen molar-refractivity contribution in [3.05, 3.63) is 0 Å². The molecule has 1 heterocycles. The normalized spacial score (nSPS) is 17.4. The van der Waals surface area contributed by atoms with Crippen molar-refractivity contribution in [3.8, 4) is 0 Å². The molecule has 1 rings (SSSR count). The fourth-order valence-corrected chi connectivity index (χ4v) is 2.16. The van der Waals surface area contributed by atoms with Gasteiger partial charge < -0.3 is 18.4 Å². The molecule has 124 valence electrons. The minimum absolute atomic E-state index is 0.728. The minimum atomic E-state index is -1.99. The molecule has 0 unspecified atom stereocenters. The van der Waals surface area contributed by atoms with Gasteiger partial charge in [-0.2, -0.15) is 0 Å². The number of hydrogen-bond donors (Lipinski definition) is 0. The van der Waals surface area contributed by atoms with Crippen LogP contribution in [0.25, 0.3) is 0 Å². The van der Waals surface area contributed by atoms with Gasteiger partial charge in [0.2, 0.25) is 0 Å². The Morgan fingerprint density at radius 1 is 0.700 bits per heavy atom. The predicted octanol–water partition coefficient (Wildman–Crippen LogP) is 3.33. The maximum absolute atomic E-state index is 11.4. The number of morpholine rings is 1. The molecule has 0 aromatic heterocycles. The van der Waals surface area contributed by atoms with Crippen molar-refractivity contribution in [2.75, 3.05) is 79.6 Å². The van der Waals surface area contributed by atoms with Crippen LogP contribution >= 0.6 is 21.6 Å². The van der Waals surface area contributed by atoms with Crippen molar-refractivity contribution in [3.63, 3.8) is 0 Å². The second-order valence-electron chi connectivity index (χ2n) is 6.64. The Balaban J connectivity index is 0. The first kappa shape index (κ1) is 22.9. The molecule has 20 heavy (non-hydrogen) atoms. The van der Waals surface area contributed by atoms with Crippen LogP contribution in [0, 0.1) is 0 Å². The largest absolute Gasteiger partial charge is 0.379 e. The Morgan fingerprint density at radius 3 is 1.10 bits per heavy atom. The molecule has 1 aliphatic heterocycles. The molecule has 0 radical (unpaired) electrons. The highest BCUT2D eigenvalue weighted by Crippen LogP contribution is 2.41. The summed E-state index contributed by atoms with van der Waals surface area (Å²) >= 11 is 0. The number of hydrogen-bond acceptors (Lipinski definition) is 4. The molecule has 1 fully saturated rings. The van der Waals surface area contributed by atoms with Crippen LogP contribution in [0.3, 0.4) is 0 Å². The van der Waals surface area contributed by atoms with E-state index in [0.717, 1.165) is 26.3 Å². The average molecular weight is 347 g/mol. The van der Waals surface area contributed by atoms with Crippen LogP contribution in [0.4, 0.5) is 0 Å². The summed E-state index contributed by atoms with van der Waals surface area (Å²) < 4.78 is 39.0. The Labute approximate surface area is 125 Å². The molecule has 0 saturated carbocycles. The van der Waals surface area contributed by atoms with E-state index in [2.05, 4.69) is 0 Å². The van der Waals surface area contributed by atoms with Crippen molar-refractivity contribution < 1.29 is 18.4 Å².